The fourth-order valence-electron chi connectivity index (χ4n) is 6.09. The fourth-order valence-corrected chi connectivity index (χ4v) is 6.09. The summed E-state index contributed by atoms with van der Waals surface area (Å²) in [5, 5.41) is 4.88. The zero-order chi connectivity index (χ0) is 30.2. The number of benzene rings is 6. The van der Waals surface area contributed by atoms with E-state index in [4.69, 9.17) is 15.0 Å². The monoisotopic (exact) mass is 576 g/mol. The summed E-state index contributed by atoms with van der Waals surface area (Å²) in [6, 6.07) is 50.5. The lowest BCUT2D eigenvalue weighted by molar-refractivity contribution is 1.07. The quantitative estimate of drug-likeness (QED) is 0.191. The lowest BCUT2D eigenvalue weighted by atomic mass is 9.90. The zero-order valence-electron chi connectivity index (χ0n) is 24.7. The second-order valence-electron chi connectivity index (χ2n) is 11.2. The highest BCUT2D eigenvalue weighted by atomic mass is 15.0. The van der Waals surface area contributed by atoms with Crippen LogP contribution in [0, 0.1) is 6.92 Å². The Labute approximate surface area is 261 Å². The number of hydrogen-bond acceptors (Lipinski definition) is 4. The number of pyridine rings is 1. The standard InChI is InChI=1S/C41H28N4/c1-27-34(21-12-22-42-27)31-23-32(38-26-30-17-8-9-18-35(30)36-19-10-11-20-37(36)38)25-33(24-31)41-44-39(28-13-4-2-5-14-28)43-40(45-41)29-15-6-3-7-16-29/h2-26H,1H3. The summed E-state index contributed by atoms with van der Waals surface area (Å²) < 4.78 is 0. The molecule has 0 fully saturated rings. The van der Waals surface area contributed by atoms with Gasteiger partial charge in [-0.15, -0.1) is 0 Å². The smallest absolute Gasteiger partial charge is 0.164 e. The van der Waals surface area contributed by atoms with Gasteiger partial charge in [-0.3, -0.25) is 4.98 Å². The Morgan fingerprint density at radius 2 is 0.889 bits per heavy atom. The fraction of sp³-hybridized carbons (Fsp3) is 0.0244. The van der Waals surface area contributed by atoms with Crippen LogP contribution in [0.2, 0.25) is 0 Å². The average molecular weight is 577 g/mol. The summed E-state index contributed by atoms with van der Waals surface area (Å²) in [5.41, 5.74) is 8.16. The zero-order valence-corrected chi connectivity index (χ0v) is 24.7. The molecule has 0 unspecified atom stereocenters. The van der Waals surface area contributed by atoms with Gasteiger partial charge in [0.1, 0.15) is 0 Å². The van der Waals surface area contributed by atoms with Gasteiger partial charge in [0.15, 0.2) is 17.5 Å². The molecule has 0 aliphatic heterocycles. The van der Waals surface area contributed by atoms with Gasteiger partial charge in [-0.1, -0.05) is 115 Å². The summed E-state index contributed by atoms with van der Waals surface area (Å²) in [7, 11) is 0. The first kappa shape index (κ1) is 26.6. The van der Waals surface area contributed by atoms with Crippen molar-refractivity contribution in [2.24, 2.45) is 0 Å². The Morgan fingerprint density at radius 3 is 1.53 bits per heavy atom. The van der Waals surface area contributed by atoms with Crippen LogP contribution in [-0.4, -0.2) is 19.9 Å². The van der Waals surface area contributed by atoms with Crippen LogP contribution < -0.4 is 0 Å². The Morgan fingerprint density at radius 1 is 0.378 bits per heavy atom. The maximum atomic E-state index is 5.07. The molecule has 8 rings (SSSR count). The topological polar surface area (TPSA) is 51.6 Å². The molecule has 0 amide bonds. The van der Waals surface area contributed by atoms with Crippen LogP contribution in [0.15, 0.2) is 152 Å². The summed E-state index contributed by atoms with van der Waals surface area (Å²) in [6.45, 7) is 2.05. The Kier molecular flexibility index (Phi) is 6.65. The van der Waals surface area contributed by atoms with Gasteiger partial charge in [0, 0.05) is 34.1 Å². The van der Waals surface area contributed by atoms with Crippen molar-refractivity contribution in [3.63, 3.8) is 0 Å². The minimum absolute atomic E-state index is 0.623. The molecule has 6 aromatic carbocycles. The lowest BCUT2D eigenvalue weighted by Gasteiger charge is -2.15. The number of fused-ring (bicyclic) bond motifs is 3. The Balaban J connectivity index is 1.42. The van der Waals surface area contributed by atoms with Crippen molar-refractivity contribution in [1.82, 2.24) is 19.9 Å². The maximum absolute atomic E-state index is 5.07. The van der Waals surface area contributed by atoms with Crippen LogP contribution >= 0.6 is 0 Å². The van der Waals surface area contributed by atoms with Gasteiger partial charge in [0.05, 0.1) is 0 Å². The highest BCUT2D eigenvalue weighted by Gasteiger charge is 2.17. The number of aromatic nitrogens is 4. The first-order valence-electron chi connectivity index (χ1n) is 15.1. The van der Waals surface area contributed by atoms with Crippen molar-refractivity contribution >= 4 is 21.5 Å². The predicted octanol–water partition coefficient (Wildman–Crippen LogP) is 10.2. The molecule has 2 aromatic heterocycles. The minimum atomic E-state index is 0.623. The molecule has 0 aliphatic rings. The second-order valence-corrected chi connectivity index (χ2v) is 11.2. The van der Waals surface area contributed by atoms with E-state index in [0.29, 0.717) is 17.5 Å². The molecule has 0 spiro atoms. The number of aryl methyl sites for hydroxylation is 1. The van der Waals surface area contributed by atoms with Crippen LogP contribution in [0.4, 0.5) is 0 Å². The first-order chi connectivity index (χ1) is 22.2. The predicted molar refractivity (Wildman–Crippen MR) is 185 cm³/mol. The van der Waals surface area contributed by atoms with Crippen molar-refractivity contribution in [3.8, 4) is 56.4 Å². The molecule has 0 atom stereocenters. The van der Waals surface area contributed by atoms with E-state index in [-0.39, 0.29) is 0 Å². The Hall–Kier alpha value is -6.00. The molecule has 4 nitrogen and oxygen atoms in total. The largest absolute Gasteiger partial charge is 0.261 e. The van der Waals surface area contributed by atoms with E-state index in [0.717, 1.165) is 44.6 Å². The highest BCUT2D eigenvalue weighted by molar-refractivity contribution is 6.14. The molecule has 2 heterocycles. The molecule has 0 saturated heterocycles. The number of hydrogen-bond donors (Lipinski definition) is 0. The number of nitrogens with zero attached hydrogens (tertiary/aromatic N) is 4. The molecule has 212 valence electrons. The van der Waals surface area contributed by atoms with Crippen LogP contribution in [0.3, 0.4) is 0 Å². The van der Waals surface area contributed by atoms with Gasteiger partial charge in [0.25, 0.3) is 0 Å². The molecular weight excluding hydrogens is 548 g/mol. The van der Waals surface area contributed by atoms with Gasteiger partial charge in [-0.2, -0.15) is 0 Å². The molecule has 0 N–H and O–H groups in total. The number of rotatable bonds is 5. The molecule has 0 bridgehead atoms. The summed E-state index contributed by atoms with van der Waals surface area (Å²) in [5.74, 6) is 1.90. The molecule has 4 heteroatoms. The molecule has 0 saturated carbocycles. The van der Waals surface area contributed by atoms with E-state index in [1.165, 1.54) is 21.5 Å². The van der Waals surface area contributed by atoms with E-state index in [1.54, 1.807) is 0 Å². The van der Waals surface area contributed by atoms with E-state index >= 15 is 0 Å². The minimum Gasteiger partial charge on any atom is -0.261 e. The van der Waals surface area contributed by atoms with Gasteiger partial charge in [-0.25, -0.2) is 15.0 Å². The van der Waals surface area contributed by atoms with Crippen molar-refractivity contribution in [3.05, 3.63) is 157 Å². The molecule has 0 radical (unpaired) electrons. The Bertz CT molecular complexity index is 2270. The summed E-state index contributed by atoms with van der Waals surface area (Å²) in [4.78, 5) is 19.7. The van der Waals surface area contributed by atoms with E-state index < -0.39 is 0 Å². The van der Waals surface area contributed by atoms with Gasteiger partial charge >= 0.3 is 0 Å². The van der Waals surface area contributed by atoms with Gasteiger partial charge in [0.2, 0.25) is 0 Å². The highest BCUT2D eigenvalue weighted by Crippen LogP contribution is 2.39. The van der Waals surface area contributed by atoms with Gasteiger partial charge < -0.3 is 0 Å². The SMILES string of the molecule is Cc1ncccc1-c1cc(-c2nc(-c3ccccc3)nc(-c3ccccc3)n2)cc(-c2cc3ccccc3c3ccccc23)c1. The van der Waals surface area contributed by atoms with Crippen LogP contribution in [0.25, 0.3) is 78.0 Å². The van der Waals surface area contributed by atoms with E-state index in [2.05, 4.69) is 90.8 Å². The van der Waals surface area contributed by atoms with E-state index in [9.17, 15) is 0 Å². The maximum Gasteiger partial charge on any atom is 0.164 e. The van der Waals surface area contributed by atoms with Crippen LogP contribution in [0.5, 0.6) is 0 Å². The van der Waals surface area contributed by atoms with Crippen molar-refractivity contribution in [1.29, 1.82) is 0 Å². The third-order valence-electron chi connectivity index (χ3n) is 8.29. The van der Waals surface area contributed by atoms with Crippen molar-refractivity contribution in [2.75, 3.05) is 0 Å². The average Bonchev–Trinajstić information content (AvgIpc) is 3.12. The second kappa shape index (κ2) is 11.3. The summed E-state index contributed by atoms with van der Waals surface area (Å²) >= 11 is 0. The van der Waals surface area contributed by atoms with E-state index in [1.807, 2.05) is 72.9 Å². The lowest BCUT2D eigenvalue weighted by Crippen LogP contribution is -2.00. The first-order valence-corrected chi connectivity index (χ1v) is 15.1. The van der Waals surface area contributed by atoms with Gasteiger partial charge in [-0.05, 0) is 75.5 Å². The van der Waals surface area contributed by atoms with Crippen LogP contribution in [0.1, 0.15) is 5.69 Å². The third-order valence-corrected chi connectivity index (χ3v) is 8.29. The molecular formula is C41H28N4. The van der Waals surface area contributed by atoms with Crippen LogP contribution in [-0.2, 0) is 0 Å². The molecule has 45 heavy (non-hydrogen) atoms. The molecule has 0 aliphatic carbocycles. The van der Waals surface area contributed by atoms with Crippen molar-refractivity contribution in [2.45, 2.75) is 6.92 Å². The summed E-state index contributed by atoms with van der Waals surface area (Å²) in [6.07, 6.45) is 1.84. The normalized spacial score (nSPS) is 11.2. The van der Waals surface area contributed by atoms with Crippen molar-refractivity contribution < 1.29 is 0 Å². The third kappa shape index (κ3) is 5.02. The molecule has 8 aromatic rings.